The largest absolute Gasteiger partial charge is 0.389 e. The summed E-state index contributed by atoms with van der Waals surface area (Å²) in [5.74, 6) is 0.466. The Morgan fingerprint density at radius 3 is 2.00 bits per heavy atom. The fourth-order valence-corrected chi connectivity index (χ4v) is 1.46. The van der Waals surface area contributed by atoms with Gasteiger partial charge in [-0.1, -0.05) is 33.8 Å². The van der Waals surface area contributed by atoms with Crippen LogP contribution in [0.2, 0.25) is 0 Å². The highest BCUT2D eigenvalue weighted by Crippen LogP contribution is 2.29. The molecule has 0 rings (SSSR count). The van der Waals surface area contributed by atoms with Gasteiger partial charge in [-0.25, -0.2) is 0 Å². The lowest BCUT2D eigenvalue weighted by molar-refractivity contribution is -0.0402. The Balaban J connectivity index is 4.44. The van der Waals surface area contributed by atoms with Gasteiger partial charge in [-0.05, 0) is 12.3 Å². The van der Waals surface area contributed by atoms with Gasteiger partial charge < -0.3 is 5.11 Å². The summed E-state index contributed by atoms with van der Waals surface area (Å²) in [6, 6.07) is 0. The second-order valence-corrected chi connectivity index (χ2v) is 3.52. The molecule has 0 spiro atoms. The minimum Gasteiger partial charge on any atom is -0.389 e. The van der Waals surface area contributed by atoms with Crippen molar-refractivity contribution < 1.29 is 5.11 Å². The van der Waals surface area contributed by atoms with Crippen molar-refractivity contribution >= 4 is 0 Å². The smallest absolute Gasteiger partial charge is 0.0727 e. The van der Waals surface area contributed by atoms with Crippen molar-refractivity contribution in [2.24, 2.45) is 11.8 Å². The molecule has 0 aliphatic rings. The topological polar surface area (TPSA) is 20.2 Å². The van der Waals surface area contributed by atoms with Gasteiger partial charge in [-0.2, -0.15) is 0 Å². The maximum Gasteiger partial charge on any atom is 0.0727 e. The first-order chi connectivity index (χ1) is 4.99. The third-order valence-corrected chi connectivity index (χ3v) is 2.71. The van der Waals surface area contributed by atoms with Gasteiger partial charge in [-0.3, -0.25) is 0 Å². The van der Waals surface area contributed by atoms with E-state index in [9.17, 15) is 5.11 Å². The van der Waals surface area contributed by atoms with Crippen molar-refractivity contribution in [3.8, 4) is 0 Å². The van der Waals surface area contributed by atoms with Crippen LogP contribution in [0.15, 0.2) is 12.7 Å². The Labute approximate surface area is 70.1 Å². The number of rotatable bonds is 4. The molecule has 0 fully saturated rings. The first-order valence-corrected chi connectivity index (χ1v) is 4.34. The third-order valence-electron chi connectivity index (χ3n) is 2.71. The predicted octanol–water partition coefficient (Wildman–Crippen LogP) is 2.61. The molecule has 1 heteroatoms. The second kappa shape index (κ2) is 3.91. The molecule has 0 aromatic carbocycles. The van der Waals surface area contributed by atoms with Crippen molar-refractivity contribution in [1.29, 1.82) is 0 Å². The first kappa shape index (κ1) is 10.7. The van der Waals surface area contributed by atoms with E-state index >= 15 is 0 Å². The van der Waals surface area contributed by atoms with E-state index in [0.29, 0.717) is 5.92 Å². The summed E-state index contributed by atoms with van der Waals surface area (Å²) in [4.78, 5) is 0. The van der Waals surface area contributed by atoms with Crippen LogP contribution < -0.4 is 0 Å². The molecule has 1 N–H and O–H groups in total. The summed E-state index contributed by atoms with van der Waals surface area (Å²) in [5.41, 5.74) is -0.568. The molecule has 0 aliphatic carbocycles. The Kier molecular flexibility index (Phi) is 3.81. The Morgan fingerprint density at radius 1 is 1.45 bits per heavy atom. The lowest BCUT2D eigenvalue weighted by atomic mass is 9.78. The lowest BCUT2D eigenvalue weighted by Gasteiger charge is -2.35. The number of hydrogen-bond donors (Lipinski definition) is 1. The second-order valence-electron chi connectivity index (χ2n) is 3.52. The summed E-state index contributed by atoms with van der Waals surface area (Å²) < 4.78 is 0. The average Bonchev–Trinajstić information content (AvgIpc) is 2.01. The van der Waals surface area contributed by atoms with Crippen LogP contribution in [0.4, 0.5) is 0 Å². The van der Waals surface area contributed by atoms with Crippen molar-refractivity contribution in [1.82, 2.24) is 0 Å². The predicted molar refractivity (Wildman–Crippen MR) is 49.4 cm³/mol. The van der Waals surface area contributed by atoms with Crippen LogP contribution in [0.1, 0.15) is 34.1 Å². The monoisotopic (exact) mass is 156 g/mol. The molecule has 0 aliphatic heterocycles. The molecule has 0 heterocycles. The maximum absolute atomic E-state index is 10.1. The minimum absolute atomic E-state index is 0.174. The molecule has 1 nitrogen and oxygen atoms in total. The Hall–Kier alpha value is -0.300. The fourth-order valence-electron chi connectivity index (χ4n) is 1.46. The summed E-state index contributed by atoms with van der Waals surface area (Å²) in [5, 5.41) is 10.1. The lowest BCUT2D eigenvalue weighted by Crippen LogP contribution is -2.40. The molecule has 2 unspecified atom stereocenters. The molecule has 2 atom stereocenters. The van der Waals surface area contributed by atoms with Crippen LogP contribution in [-0.2, 0) is 0 Å². The van der Waals surface area contributed by atoms with E-state index in [-0.39, 0.29) is 5.92 Å². The van der Waals surface area contributed by atoms with E-state index in [4.69, 9.17) is 0 Å². The van der Waals surface area contributed by atoms with Crippen LogP contribution in [0.3, 0.4) is 0 Å². The van der Waals surface area contributed by atoms with Crippen molar-refractivity contribution in [2.45, 2.75) is 39.7 Å². The summed E-state index contributed by atoms with van der Waals surface area (Å²) >= 11 is 0. The molecular weight excluding hydrogens is 136 g/mol. The third kappa shape index (κ3) is 2.06. The Bertz CT molecular complexity index is 129. The Morgan fingerprint density at radius 2 is 1.91 bits per heavy atom. The fraction of sp³-hybridized carbons (Fsp3) is 0.800. The molecule has 66 valence electrons. The zero-order valence-electron chi connectivity index (χ0n) is 8.09. The molecule has 0 bridgehead atoms. The van der Waals surface area contributed by atoms with Gasteiger partial charge in [-0.15, -0.1) is 6.58 Å². The zero-order valence-corrected chi connectivity index (χ0v) is 8.09. The van der Waals surface area contributed by atoms with Crippen molar-refractivity contribution in [3.05, 3.63) is 12.7 Å². The minimum atomic E-state index is -0.568. The highest BCUT2D eigenvalue weighted by atomic mass is 16.3. The van der Waals surface area contributed by atoms with Crippen molar-refractivity contribution in [2.75, 3.05) is 0 Å². The molecule has 0 amide bonds. The van der Waals surface area contributed by atoms with Gasteiger partial charge in [0.1, 0.15) is 0 Å². The molecule has 0 radical (unpaired) electrons. The number of aliphatic hydroxyl groups is 1. The van der Waals surface area contributed by atoms with E-state index in [2.05, 4.69) is 6.58 Å². The van der Waals surface area contributed by atoms with E-state index in [1.165, 1.54) is 0 Å². The number of hydrogen-bond acceptors (Lipinski definition) is 1. The van der Waals surface area contributed by atoms with Gasteiger partial charge in [0.25, 0.3) is 0 Å². The van der Waals surface area contributed by atoms with Crippen LogP contribution >= 0.6 is 0 Å². The van der Waals surface area contributed by atoms with Gasteiger partial charge in [0, 0.05) is 5.92 Å². The van der Waals surface area contributed by atoms with Gasteiger partial charge in [0.2, 0.25) is 0 Å². The summed E-state index contributed by atoms with van der Waals surface area (Å²) in [7, 11) is 0. The quantitative estimate of drug-likeness (QED) is 0.620. The van der Waals surface area contributed by atoms with E-state index in [0.717, 1.165) is 6.42 Å². The molecule has 11 heavy (non-hydrogen) atoms. The first-order valence-electron chi connectivity index (χ1n) is 4.34. The van der Waals surface area contributed by atoms with Gasteiger partial charge in [0.05, 0.1) is 5.60 Å². The zero-order chi connectivity index (χ0) is 9.07. The van der Waals surface area contributed by atoms with Crippen LogP contribution in [0.25, 0.3) is 0 Å². The van der Waals surface area contributed by atoms with Crippen molar-refractivity contribution in [3.63, 3.8) is 0 Å². The molecule has 0 saturated heterocycles. The van der Waals surface area contributed by atoms with E-state index in [1.54, 1.807) is 0 Å². The molecule has 0 aromatic rings. The van der Waals surface area contributed by atoms with Gasteiger partial charge in [0.15, 0.2) is 0 Å². The highest BCUT2D eigenvalue weighted by Gasteiger charge is 2.33. The van der Waals surface area contributed by atoms with Gasteiger partial charge >= 0.3 is 0 Å². The van der Waals surface area contributed by atoms with E-state index < -0.39 is 5.60 Å². The molecular formula is C10H20O. The van der Waals surface area contributed by atoms with E-state index in [1.807, 2.05) is 33.8 Å². The molecule has 0 saturated carbocycles. The SMILES string of the molecule is C=CC(C)C(O)(CC)C(C)C. The summed E-state index contributed by atoms with van der Waals surface area (Å²) in [6.45, 7) is 11.8. The molecule has 0 aromatic heterocycles. The highest BCUT2D eigenvalue weighted by molar-refractivity contribution is 4.94. The van der Waals surface area contributed by atoms with Crippen LogP contribution in [-0.4, -0.2) is 10.7 Å². The summed E-state index contributed by atoms with van der Waals surface area (Å²) in [6.07, 6.45) is 2.61. The van der Waals surface area contributed by atoms with Crippen LogP contribution in [0.5, 0.6) is 0 Å². The normalized spacial score (nSPS) is 19.5. The standard InChI is InChI=1S/C10H20O/c1-6-9(5)10(11,7-2)8(3)4/h6,8-9,11H,1,7H2,2-5H3. The van der Waals surface area contributed by atoms with Crippen LogP contribution in [0, 0.1) is 11.8 Å². The maximum atomic E-state index is 10.1. The average molecular weight is 156 g/mol.